The van der Waals surface area contributed by atoms with Crippen molar-refractivity contribution in [3.8, 4) is 0 Å². The molecule has 156 valence electrons. The van der Waals surface area contributed by atoms with Crippen molar-refractivity contribution in [1.82, 2.24) is 10.2 Å². The van der Waals surface area contributed by atoms with E-state index in [4.69, 9.17) is 0 Å². The van der Waals surface area contributed by atoms with Gasteiger partial charge in [0.1, 0.15) is 0 Å². The average molecular weight is 404 g/mol. The molecule has 2 aliphatic heterocycles. The topological polar surface area (TPSA) is 52.7 Å². The number of carbonyl (C=O) groups is 2. The molecule has 4 unspecified atom stereocenters. The third kappa shape index (κ3) is 3.26. The van der Waals surface area contributed by atoms with Gasteiger partial charge >= 0.3 is 6.03 Å². The molecule has 0 spiro atoms. The van der Waals surface area contributed by atoms with Crippen LogP contribution in [-0.2, 0) is 4.79 Å². The van der Waals surface area contributed by atoms with Crippen molar-refractivity contribution >= 4 is 17.6 Å². The molecule has 30 heavy (non-hydrogen) atoms. The van der Waals surface area contributed by atoms with Crippen LogP contribution in [0.3, 0.4) is 0 Å². The van der Waals surface area contributed by atoms with Crippen molar-refractivity contribution in [2.45, 2.75) is 50.6 Å². The van der Waals surface area contributed by atoms with Crippen LogP contribution in [0.25, 0.3) is 0 Å². The zero-order valence-corrected chi connectivity index (χ0v) is 17.5. The normalized spacial score (nSPS) is 27.5. The lowest BCUT2D eigenvalue weighted by atomic mass is 9.87. The summed E-state index contributed by atoms with van der Waals surface area (Å²) in [5.41, 5.74) is 3.31. The zero-order chi connectivity index (χ0) is 20.7. The van der Waals surface area contributed by atoms with Gasteiger partial charge in [-0.2, -0.15) is 0 Å². The number of likely N-dealkylation sites (tertiary alicyclic amines) is 1. The summed E-state index contributed by atoms with van der Waals surface area (Å²) in [5.74, 6) is 1.03. The highest BCUT2D eigenvalue weighted by Crippen LogP contribution is 2.46. The molecule has 2 aromatic carbocycles. The van der Waals surface area contributed by atoms with Gasteiger partial charge in [-0.15, -0.1) is 0 Å². The first kappa shape index (κ1) is 19.2. The Morgan fingerprint density at radius 1 is 0.967 bits per heavy atom. The largest absolute Gasteiger partial charge is 0.331 e. The number of benzene rings is 2. The van der Waals surface area contributed by atoms with E-state index in [2.05, 4.69) is 40.5 Å². The van der Waals surface area contributed by atoms with E-state index >= 15 is 0 Å². The number of carbonyl (C=O) groups excluding carboxylic acids is 2. The number of hydrogen-bond acceptors (Lipinski definition) is 2. The van der Waals surface area contributed by atoms with Gasteiger partial charge < -0.3 is 15.1 Å². The van der Waals surface area contributed by atoms with Crippen molar-refractivity contribution < 1.29 is 9.59 Å². The molecule has 1 N–H and O–H groups in total. The molecule has 3 aliphatic rings. The Balaban J connectivity index is 1.36. The maximum absolute atomic E-state index is 13.4. The van der Waals surface area contributed by atoms with Crippen LogP contribution in [0.4, 0.5) is 10.5 Å². The number of fused-ring (bicyclic) bond motifs is 2. The molecule has 2 fully saturated rings. The van der Waals surface area contributed by atoms with Gasteiger partial charge in [0.05, 0.1) is 6.04 Å². The summed E-state index contributed by atoms with van der Waals surface area (Å²) >= 11 is 0. The average Bonchev–Trinajstić information content (AvgIpc) is 3.37. The maximum atomic E-state index is 13.4. The van der Waals surface area contributed by atoms with E-state index in [9.17, 15) is 9.59 Å². The molecule has 0 aromatic heterocycles. The first-order valence-corrected chi connectivity index (χ1v) is 11.1. The number of nitrogens with one attached hydrogen (secondary N) is 1. The summed E-state index contributed by atoms with van der Waals surface area (Å²) in [6.45, 7) is 3.03. The van der Waals surface area contributed by atoms with Crippen molar-refractivity contribution in [1.29, 1.82) is 0 Å². The lowest BCUT2D eigenvalue weighted by Crippen LogP contribution is -2.47. The van der Waals surface area contributed by atoms with Gasteiger partial charge in [-0.25, -0.2) is 4.79 Å². The molecular weight excluding hydrogens is 374 g/mol. The monoisotopic (exact) mass is 403 g/mol. The van der Waals surface area contributed by atoms with E-state index in [0.29, 0.717) is 24.4 Å². The fraction of sp³-hybridized carbons (Fsp3) is 0.440. The summed E-state index contributed by atoms with van der Waals surface area (Å²) in [6, 6.07) is 18.9. The summed E-state index contributed by atoms with van der Waals surface area (Å²) < 4.78 is 0. The van der Waals surface area contributed by atoms with E-state index in [1.54, 1.807) is 6.92 Å². The van der Waals surface area contributed by atoms with Gasteiger partial charge in [-0.05, 0) is 42.4 Å². The van der Waals surface area contributed by atoms with Crippen LogP contribution < -0.4 is 10.2 Å². The lowest BCUT2D eigenvalue weighted by Gasteiger charge is -2.35. The van der Waals surface area contributed by atoms with Crippen LogP contribution in [0.5, 0.6) is 0 Å². The van der Waals surface area contributed by atoms with E-state index in [-0.39, 0.29) is 18.0 Å². The Labute approximate surface area is 178 Å². The van der Waals surface area contributed by atoms with Crippen molar-refractivity contribution in [2.75, 3.05) is 18.0 Å². The minimum absolute atomic E-state index is 0.0430. The Morgan fingerprint density at radius 2 is 1.73 bits per heavy atom. The third-order valence-electron chi connectivity index (χ3n) is 7.25. The number of nitrogens with zero attached hydrogens (tertiary/aromatic N) is 2. The Morgan fingerprint density at radius 3 is 2.53 bits per heavy atom. The second-order valence-electron chi connectivity index (χ2n) is 8.85. The number of para-hydroxylation sites is 1. The van der Waals surface area contributed by atoms with Gasteiger partial charge in [0.25, 0.3) is 0 Å². The number of rotatable bonds is 2. The standard InChI is InChI=1S/C25H29N3O2/c1-17(29)27-15-14-22(20-10-5-6-12-24(20)27)26-25(30)28-16-21(18-8-3-2-4-9-18)19-11-7-13-23(19)28/h2-6,8-10,12,19,21-23H,7,11,13-16H2,1H3,(H,26,30). The van der Waals surface area contributed by atoms with E-state index in [1.165, 1.54) is 18.4 Å². The van der Waals surface area contributed by atoms with Gasteiger partial charge in [0, 0.05) is 37.7 Å². The maximum Gasteiger partial charge on any atom is 0.318 e. The zero-order valence-electron chi connectivity index (χ0n) is 17.5. The minimum atomic E-state index is -0.0556. The molecule has 4 atom stereocenters. The van der Waals surface area contributed by atoms with E-state index < -0.39 is 0 Å². The first-order valence-electron chi connectivity index (χ1n) is 11.1. The van der Waals surface area contributed by atoms with E-state index in [1.807, 2.05) is 29.2 Å². The van der Waals surface area contributed by atoms with Crippen LogP contribution in [0.2, 0.25) is 0 Å². The summed E-state index contributed by atoms with van der Waals surface area (Å²) in [5, 5.41) is 3.31. The van der Waals surface area contributed by atoms with Gasteiger partial charge in [0.2, 0.25) is 5.91 Å². The number of anilines is 1. The van der Waals surface area contributed by atoms with Crippen LogP contribution in [0.1, 0.15) is 55.7 Å². The summed E-state index contributed by atoms with van der Waals surface area (Å²) in [4.78, 5) is 29.3. The molecule has 1 aliphatic carbocycles. The number of amides is 3. The van der Waals surface area contributed by atoms with Crippen LogP contribution >= 0.6 is 0 Å². The Kier molecular flexibility index (Phi) is 4.97. The highest BCUT2D eigenvalue weighted by molar-refractivity contribution is 5.93. The molecule has 2 aromatic rings. The van der Waals surface area contributed by atoms with Gasteiger partial charge in [-0.3, -0.25) is 4.79 Å². The second kappa shape index (κ2) is 7.78. The van der Waals surface area contributed by atoms with Crippen molar-refractivity contribution in [3.63, 3.8) is 0 Å². The predicted molar refractivity (Wildman–Crippen MR) is 117 cm³/mol. The predicted octanol–water partition coefficient (Wildman–Crippen LogP) is 4.46. The minimum Gasteiger partial charge on any atom is -0.331 e. The van der Waals surface area contributed by atoms with Gasteiger partial charge in [-0.1, -0.05) is 55.0 Å². The van der Waals surface area contributed by atoms with Crippen molar-refractivity contribution in [2.24, 2.45) is 5.92 Å². The molecule has 1 saturated carbocycles. The molecule has 3 amide bonds. The summed E-state index contributed by atoms with van der Waals surface area (Å²) in [6.07, 6.45) is 4.24. The fourth-order valence-corrected chi connectivity index (χ4v) is 5.87. The Hall–Kier alpha value is -2.82. The van der Waals surface area contributed by atoms with Crippen LogP contribution in [0.15, 0.2) is 54.6 Å². The molecule has 0 bridgehead atoms. The lowest BCUT2D eigenvalue weighted by molar-refractivity contribution is -0.116. The molecule has 5 heteroatoms. The number of urea groups is 1. The SMILES string of the molecule is CC(=O)N1CCC(NC(=O)N2CC(c3ccccc3)C3CCCC32)c2ccccc21. The van der Waals surface area contributed by atoms with Crippen LogP contribution in [-0.4, -0.2) is 36.0 Å². The first-order chi connectivity index (χ1) is 14.6. The molecule has 5 nitrogen and oxygen atoms in total. The van der Waals surface area contributed by atoms with E-state index in [0.717, 1.165) is 30.6 Å². The molecule has 1 saturated heterocycles. The third-order valence-corrected chi connectivity index (χ3v) is 7.25. The van der Waals surface area contributed by atoms with Crippen LogP contribution in [0, 0.1) is 5.92 Å². The highest BCUT2D eigenvalue weighted by atomic mass is 16.2. The Bertz CT molecular complexity index is 944. The molecule has 2 heterocycles. The molecule has 0 radical (unpaired) electrons. The molecular formula is C25H29N3O2. The van der Waals surface area contributed by atoms with Crippen molar-refractivity contribution in [3.05, 3.63) is 65.7 Å². The summed E-state index contributed by atoms with van der Waals surface area (Å²) in [7, 11) is 0. The fourth-order valence-electron chi connectivity index (χ4n) is 5.87. The number of hydrogen-bond donors (Lipinski definition) is 1. The smallest absolute Gasteiger partial charge is 0.318 e. The molecule has 5 rings (SSSR count). The second-order valence-corrected chi connectivity index (χ2v) is 8.85. The quantitative estimate of drug-likeness (QED) is 0.805. The van der Waals surface area contributed by atoms with Gasteiger partial charge in [0.15, 0.2) is 0 Å². The highest BCUT2D eigenvalue weighted by Gasteiger charge is 2.47.